The van der Waals surface area contributed by atoms with Crippen LogP contribution in [0, 0.1) is 5.82 Å². The second-order valence-corrected chi connectivity index (χ2v) is 5.46. The topological polar surface area (TPSA) is 56.3 Å². The molecule has 2 aromatic rings. The summed E-state index contributed by atoms with van der Waals surface area (Å²) >= 11 is 0. The highest BCUT2D eigenvalue weighted by Gasteiger charge is 2.08. The van der Waals surface area contributed by atoms with Crippen LogP contribution in [0.5, 0.6) is 0 Å². The Labute approximate surface area is 140 Å². The predicted octanol–water partition coefficient (Wildman–Crippen LogP) is 3.75. The molecule has 24 heavy (non-hydrogen) atoms. The van der Waals surface area contributed by atoms with Crippen LogP contribution in [0.25, 0.3) is 0 Å². The molecule has 0 spiro atoms. The zero-order chi connectivity index (χ0) is 17.2. The summed E-state index contributed by atoms with van der Waals surface area (Å²) in [7, 11) is 0. The monoisotopic (exact) mass is 329 g/mol. The van der Waals surface area contributed by atoms with Gasteiger partial charge in [0.25, 0.3) is 0 Å². The van der Waals surface area contributed by atoms with Crippen molar-refractivity contribution in [1.29, 1.82) is 0 Å². The van der Waals surface area contributed by atoms with Gasteiger partial charge >= 0.3 is 5.97 Å². The van der Waals surface area contributed by atoms with Gasteiger partial charge in [-0.25, -0.2) is 4.39 Å². The number of ketones is 1. The molecule has 5 heteroatoms. The maximum absolute atomic E-state index is 12.8. The molecular weight excluding hydrogens is 309 g/mol. The van der Waals surface area contributed by atoms with Gasteiger partial charge in [-0.15, -0.1) is 0 Å². The van der Waals surface area contributed by atoms with Gasteiger partial charge in [-0.1, -0.05) is 0 Å². The number of esters is 1. The largest absolute Gasteiger partial charge is 0.466 e. The molecule has 0 unspecified atom stereocenters. The number of benzene rings is 1. The summed E-state index contributed by atoms with van der Waals surface area (Å²) in [5.41, 5.74) is 1.62. The summed E-state index contributed by atoms with van der Waals surface area (Å²) in [5.74, 6) is -0.765. The molecule has 0 amide bonds. The molecule has 4 nitrogen and oxygen atoms in total. The van der Waals surface area contributed by atoms with E-state index in [4.69, 9.17) is 4.74 Å². The molecule has 1 aromatic carbocycles. The van der Waals surface area contributed by atoms with Crippen LogP contribution in [-0.2, 0) is 16.0 Å². The van der Waals surface area contributed by atoms with Crippen LogP contribution in [0.3, 0.4) is 0 Å². The Morgan fingerprint density at radius 1 is 0.958 bits per heavy atom. The number of carbonyl (C=O) groups is 2. The minimum Gasteiger partial charge on any atom is -0.466 e. The van der Waals surface area contributed by atoms with E-state index in [2.05, 4.69) is 4.98 Å². The highest BCUT2D eigenvalue weighted by Crippen LogP contribution is 2.09. The highest BCUT2D eigenvalue weighted by atomic mass is 19.1. The Kier molecular flexibility index (Phi) is 7.08. The van der Waals surface area contributed by atoms with Crippen LogP contribution in [0.1, 0.15) is 41.6 Å². The number of aromatic nitrogens is 1. The van der Waals surface area contributed by atoms with Crippen molar-refractivity contribution < 1.29 is 18.7 Å². The summed E-state index contributed by atoms with van der Waals surface area (Å²) in [4.78, 5) is 27.4. The fourth-order valence-corrected chi connectivity index (χ4v) is 2.26. The molecule has 0 bridgehead atoms. The van der Waals surface area contributed by atoms with Gasteiger partial charge in [0.05, 0.1) is 6.61 Å². The smallest absolute Gasteiger partial charge is 0.305 e. The van der Waals surface area contributed by atoms with E-state index in [1.807, 2.05) is 12.1 Å². The van der Waals surface area contributed by atoms with Gasteiger partial charge in [0.1, 0.15) is 5.82 Å². The molecule has 0 N–H and O–H groups in total. The lowest BCUT2D eigenvalue weighted by atomic mass is 10.1. The minimum absolute atomic E-state index is 0.0968. The Bertz CT molecular complexity index is 656. The van der Waals surface area contributed by atoms with Crippen molar-refractivity contribution in [3.05, 3.63) is 65.7 Å². The molecule has 0 radical (unpaired) electrons. The summed E-state index contributed by atoms with van der Waals surface area (Å²) in [6.45, 7) is 0.368. The van der Waals surface area contributed by atoms with E-state index in [0.29, 0.717) is 18.6 Å². The lowest BCUT2D eigenvalue weighted by Gasteiger charge is -2.05. The molecule has 0 aliphatic carbocycles. The molecule has 2 rings (SSSR count). The molecule has 0 atom stereocenters. The van der Waals surface area contributed by atoms with Crippen LogP contribution in [0.15, 0.2) is 48.8 Å². The van der Waals surface area contributed by atoms with Gasteiger partial charge < -0.3 is 4.74 Å². The number of hydrogen-bond acceptors (Lipinski definition) is 4. The van der Waals surface area contributed by atoms with Crippen LogP contribution in [-0.4, -0.2) is 23.3 Å². The average Bonchev–Trinajstić information content (AvgIpc) is 2.60. The van der Waals surface area contributed by atoms with Crippen molar-refractivity contribution in [2.45, 2.75) is 32.1 Å². The normalized spacial score (nSPS) is 10.4. The Morgan fingerprint density at radius 2 is 1.67 bits per heavy atom. The number of rotatable bonds is 9. The van der Waals surface area contributed by atoms with Gasteiger partial charge in [-0.05, 0) is 61.2 Å². The van der Waals surface area contributed by atoms with Crippen LogP contribution in [0.4, 0.5) is 4.39 Å². The van der Waals surface area contributed by atoms with Gasteiger partial charge in [0.2, 0.25) is 0 Å². The van der Waals surface area contributed by atoms with Crippen molar-refractivity contribution >= 4 is 11.8 Å². The number of ether oxygens (including phenoxy) is 1. The van der Waals surface area contributed by atoms with Crippen molar-refractivity contribution in [2.75, 3.05) is 6.61 Å². The minimum atomic E-state index is -0.373. The number of nitrogens with zero attached hydrogens (tertiary/aromatic N) is 1. The van der Waals surface area contributed by atoms with Crippen molar-refractivity contribution in [1.82, 2.24) is 4.98 Å². The fourth-order valence-electron chi connectivity index (χ4n) is 2.26. The Hall–Kier alpha value is -2.56. The van der Waals surface area contributed by atoms with E-state index in [1.165, 1.54) is 24.3 Å². The van der Waals surface area contributed by atoms with Crippen LogP contribution >= 0.6 is 0 Å². The average molecular weight is 329 g/mol. The number of aryl methyl sites for hydroxylation is 1. The van der Waals surface area contributed by atoms with E-state index in [9.17, 15) is 14.0 Å². The maximum Gasteiger partial charge on any atom is 0.305 e. The SMILES string of the molecule is O=C(CCCC(=O)c1ccc(F)cc1)OCCCc1ccncc1. The highest BCUT2D eigenvalue weighted by molar-refractivity contribution is 5.96. The molecular formula is C19H20FNO3. The van der Waals surface area contributed by atoms with Gasteiger partial charge in [0, 0.05) is 30.8 Å². The van der Waals surface area contributed by atoms with Crippen LogP contribution in [0.2, 0.25) is 0 Å². The molecule has 0 fully saturated rings. The molecule has 126 valence electrons. The van der Waals surface area contributed by atoms with Gasteiger partial charge in [0.15, 0.2) is 5.78 Å². The summed E-state index contributed by atoms with van der Waals surface area (Å²) in [5, 5.41) is 0. The first-order valence-electron chi connectivity index (χ1n) is 7.98. The fraction of sp³-hybridized carbons (Fsp3) is 0.316. The van der Waals surface area contributed by atoms with Crippen molar-refractivity contribution in [3.8, 4) is 0 Å². The number of Topliss-reactive ketones (excluding diaryl/α,β-unsaturated/α-hetero) is 1. The lowest BCUT2D eigenvalue weighted by Crippen LogP contribution is -2.08. The third kappa shape index (κ3) is 6.28. The maximum atomic E-state index is 12.8. The summed E-state index contributed by atoms with van der Waals surface area (Å²) in [6.07, 6.45) is 5.95. The number of halogens is 1. The first-order chi connectivity index (χ1) is 11.6. The number of carbonyl (C=O) groups excluding carboxylic acids is 2. The van der Waals surface area contributed by atoms with E-state index in [0.717, 1.165) is 18.4 Å². The number of hydrogen-bond donors (Lipinski definition) is 0. The van der Waals surface area contributed by atoms with Crippen molar-refractivity contribution in [3.63, 3.8) is 0 Å². The first-order valence-corrected chi connectivity index (χ1v) is 7.98. The van der Waals surface area contributed by atoms with Gasteiger partial charge in [-0.2, -0.15) is 0 Å². The van der Waals surface area contributed by atoms with Crippen molar-refractivity contribution in [2.24, 2.45) is 0 Å². The molecule has 1 aromatic heterocycles. The molecule has 0 saturated carbocycles. The van der Waals surface area contributed by atoms with E-state index in [1.54, 1.807) is 12.4 Å². The summed E-state index contributed by atoms with van der Waals surface area (Å²) < 4.78 is 17.9. The zero-order valence-electron chi connectivity index (χ0n) is 13.4. The predicted molar refractivity (Wildman–Crippen MR) is 88.1 cm³/mol. The summed E-state index contributed by atoms with van der Waals surface area (Å²) in [6, 6.07) is 9.28. The third-order valence-corrected chi connectivity index (χ3v) is 3.57. The van der Waals surface area contributed by atoms with E-state index >= 15 is 0 Å². The lowest BCUT2D eigenvalue weighted by molar-refractivity contribution is -0.143. The second-order valence-electron chi connectivity index (χ2n) is 5.46. The third-order valence-electron chi connectivity index (χ3n) is 3.57. The molecule has 0 saturated heterocycles. The number of pyridine rings is 1. The standard InChI is InChI=1S/C19H20FNO3/c20-17-8-6-16(7-9-17)18(22)4-1-5-19(23)24-14-2-3-15-10-12-21-13-11-15/h6-13H,1-5,14H2. The zero-order valence-corrected chi connectivity index (χ0v) is 13.4. The van der Waals surface area contributed by atoms with Gasteiger partial charge in [-0.3, -0.25) is 14.6 Å². The van der Waals surface area contributed by atoms with E-state index < -0.39 is 0 Å². The Morgan fingerprint density at radius 3 is 2.38 bits per heavy atom. The van der Waals surface area contributed by atoms with Crippen LogP contribution < -0.4 is 0 Å². The Balaban J connectivity index is 1.58. The molecule has 0 aliphatic rings. The second kappa shape index (κ2) is 9.55. The van der Waals surface area contributed by atoms with E-state index in [-0.39, 0.29) is 30.4 Å². The molecule has 1 heterocycles. The quantitative estimate of drug-likeness (QED) is 0.399. The molecule has 0 aliphatic heterocycles. The first kappa shape index (κ1) is 17.8.